The molecule has 0 saturated carbocycles. The number of hydrogen-bond donors (Lipinski definition) is 0. The average molecular weight is 323 g/mol. The fourth-order valence-electron chi connectivity index (χ4n) is 3.23. The number of halogens is 1. The number of nitrogens with zero attached hydrogens (tertiary/aromatic N) is 2. The fraction of sp³-hybridized carbons (Fsp3) is 0.533. The van der Waals surface area contributed by atoms with Crippen LogP contribution in [-0.2, 0) is 0 Å². The molecule has 0 aromatic heterocycles. The molecule has 1 atom stereocenters. The van der Waals surface area contributed by atoms with Crippen LogP contribution in [0, 0.1) is 0 Å². The van der Waals surface area contributed by atoms with Gasteiger partial charge in [-0.3, -0.25) is 9.69 Å². The van der Waals surface area contributed by atoms with E-state index < -0.39 is 0 Å². The number of fused-ring (bicyclic) bond motifs is 1. The van der Waals surface area contributed by atoms with Gasteiger partial charge in [0.1, 0.15) is 6.29 Å². The monoisotopic (exact) mass is 322 g/mol. The Morgan fingerprint density at radius 3 is 2.89 bits per heavy atom. The highest BCUT2D eigenvalue weighted by Gasteiger charge is 2.29. The Balaban J connectivity index is 1.77. The van der Waals surface area contributed by atoms with Crippen molar-refractivity contribution in [2.24, 2.45) is 0 Å². The van der Waals surface area contributed by atoms with Crippen LogP contribution >= 0.6 is 15.9 Å². The smallest absolute Gasteiger partial charge is 0.150 e. The molecule has 1 unspecified atom stereocenters. The first-order valence-corrected chi connectivity index (χ1v) is 7.81. The summed E-state index contributed by atoms with van der Waals surface area (Å²) in [6, 6.07) is 6.59. The van der Waals surface area contributed by atoms with E-state index in [1.54, 1.807) is 0 Å². The lowest BCUT2D eigenvalue weighted by Gasteiger charge is -2.45. The first-order chi connectivity index (χ1) is 9.28. The summed E-state index contributed by atoms with van der Waals surface area (Å²) in [5, 5.41) is 0. The molecule has 3 rings (SSSR count). The highest BCUT2D eigenvalue weighted by atomic mass is 79.9. The van der Waals surface area contributed by atoms with Gasteiger partial charge >= 0.3 is 0 Å². The summed E-state index contributed by atoms with van der Waals surface area (Å²) in [5.74, 6) is 0. The lowest BCUT2D eigenvalue weighted by molar-refractivity contribution is 0.112. The summed E-state index contributed by atoms with van der Waals surface area (Å²) in [6.07, 6.45) is 4.93. The predicted molar refractivity (Wildman–Crippen MR) is 81.0 cm³/mol. The SMILES string of the molecule is O=Cc1ccc(N2CCN3CCCCC3C2)c(Br)c1. The van der Waals surface area contributed by atoms with Crippen molar-refractivity contribution < 1.29 is 4.79 Å². The molecule has 2 aliphatic heterocycles. The number of anilines is 1. The van der Waals surface area contributed by atoms with Gasteiger partial charge in [-0.05, 0) is 53.5 Å². The van der Waals surface area contributed by atoms with Crippen LogP contribution in [0.4, 0.5) is 5.69 Å². The van der Waals surface area contributed by atoms with Crippen molar-refractivity contribution >= 4 is 27.9 Å². The van der Waals surface area contributed by atoms with Gasteiger partial charge in [0, 0.05) is 35.7 Å². The van der Waals surface area contributed by atoms with Gasteiger partial charge in [-0.2, -0.15) is 0 Å². The van der Waals surface area contributed by atoms with Crippen LogP contribution in [0.15, 0.2) is 22.7 Å². The summed E-state index contributed by atoms with van der Waals surface area (Å²) >= 11 is 3.60. The second-order valence-corrected chi connectivity index (χ2v) is 6.31. The minimum Gasteiger partial charge on any atom is -0.368 e. The molecule has 0 N–H and O–H groups in total. The van der Waals surface area contributed by atoms with Crippen molar-refractivity contribution in [3.8, 4) is 0 Å². The summed E-state index contributed by atoms with van der Waals surface area (Å²) in [7, 11) is 0. The number of carbonyl (C=O) groups is 1. The van der Waals surface area contributed by atoms with E-state index >= 15 is 0 Å². The fourth-order valence-corrected chi connectivity index (χ4v) is 3.87. The zero-order valence-corrected chi connectivity index (χ0v) is 12.6. The van der Waals surface area contributed by atoms with Crippen molar-refractivity contribution in [1.82, 2.24) is 4.90 Å². The van der Waals surface area contributed by atoms with Crippen molar-refractivity contribution in [3.05, 3.63) is 28.2 Å². The van der Waals surface area contributed by atoms with Crippen molar-refractivity contribution in [3.63, 3.8) is 0 Å². The van der Waals surface area contributed by atoms with E-state index in [0.717, 1.165) is 36.0 Å². The van der Waals surface area contributed by atoms with Gasteiger partial charge in [-0.1, -0.05) is 6.42 Å². The standard InChI is InChI=1S/C15H19BrN2O/c16-14-9-12(11-19)4-5-15(14)18-8-7-17-6-2-1-3-13(17)10-18/h4-5,9,11,13H,1-3,6-8,10H2. The molecule has 0 bridgehead atoms. The molecule has 2 saturated heterocycles. The summed E-state index contributed by atoms with van der Waals surface area (Å²) < 4.78 is 1.03. The van der Waals surface area contributed by atoms with Crippen molar-refractivity contribution in [2.75, 3.05) is 31.1 Å². The van der Waals surface area contributed by atoms with Crippen LogP contribution in [0.1, 0.15) is 29.6 Å². The van der Waals surface area contributed by atoms with Gasteiger partial charge in [-0.25, -0.2) is 0 Å². The Labute approximate surface area is 122 Å². The van der Waals surface area contributed by atoms with Gasteiger partial charge in [-0.15, -0.1) is 0 Å². The highest BCUT2D eigenvalue weighted by molar-refractivity contribution is 9.10. The van der Waals surface area contributed by atoms with Gasteiger partial charge in [0.05, 0.1) is 5.69 Å². The zero-order chi connectivity index (χ0) is 13.2. The Morgan fingerprint density at radius 2 is 2.11 bits per heavy atom. The third-order valence-corrected chi connectivity index (χ3v) is 4.92. The molecule has 0 spiro atoms. The summed E-state index contributed by atoms with van der Waals surface area (Å²) in [5.41, 5.74) is 1.95. The van der Waals surface area contributed by atoms with Crippen LogP contribution in [0.5, 0.6) is 0 Å². The highest BCUT2D eigenvalue weighted by Crippen LogP contribution is 2.30. The molecule has 4 heteroatoms. The number of aldehydes is 1. The summed E-state index contributed by atoms with van der Waals surface area (Å²) in [6.45, 7) is 4.62. The molecule has 0 aliphatic carbocycles. The quantitative estimate of drug-likeness (QED) is 0.782. The molecule has 3 nitrogen and oxygen atoms in total. The molecule has 2 heterocycles. The second-order valence-electron chi connectivity index (χ2n) is 5.46. The van der Waals surface area contributed by atoms with E-state index in [1.807, 2.05) is 12.1 Å². The zero-order valence-electron chi connectivity index (χ0n) is 11.0. The lowest BCUT2D eigenvalue weighted by atomic mass is 9.99. The third-order valence-electron chi connectivity index (χ3n) is 4.29. The van der Waals surface area contributed by atoms with Gasteiger partial charge in [0.25, 0.3) is 0 Å². The van der Waals surface area contributed by atoms with E-state index in [1.165, 1.54) is 31.5 Å². The minimum absolute atomic E-state index is 0.708. The van der Waals surface area contributed by atoms with Crippen LogP contribution in [0.25, 0.3) is 0 Å². The molecular formula is C15H19BrN2O. The van der Waals surface area contributed by atoms with E-state index in [9.17, 15) is 4.79 Å². The van der Waals surface area contributed by atoms with Crippen molar-refractivity contribution in [2.45, 2.75) is 25.3 Å². The molecule has 0 amide bonds. The van der Waals surface area contributed by atoms with Crippen LogP contribution in [0.3, 0.4) is 0 Å². The van der Waals surface area contributed by atoms with Crippen LogP contribution < -0.4 is 4.90 Å². The number of benzene rings is 1. The maximum absolute atomic E-state index is 10.8. The Kier molecular flexibility index (Phi) is 3.89. The first-order valence-electron chi connectivity index (χ1n) is 7.01. The topological polar surface area (TPSA) is 23.6 Å². The Bertz CT molecular complexity index is 477. The maximum atomic E-state index is 10.8. The average Bonchev–Trinajstić information content (AvgIpc) is 2.46. The van der Waals surface area contributed by atoms with Gasteiger partial charge in [0.15, 0.2) is 0 Å². The first kappa shape index (κ1) is 13.1. The van der Waals surface area contributed by atoms with Gasteiger partial charge < -0.3 is 4.90 Å². The Morgan fingerprint density at radius 1 is 1.21 bits per heavy atom. The number of carbonyl (C=O) groups excluding carboxylic acids is 1. The molecule has 102 valence electrons. The van der Waals surface area contributed by atoms with E-state index in [2.05, 4.69) is 31.8 Å². The molecule has 1 aromatic rings. The molecule has 19 heavy (non-hydrogen) atoms. The Hall–Kier alpha value is -0.870. The number of hydrogen-bond acceptors (Lipinski definition) is 3. The second kappa shape index (κ2) is 5.63. The minimum atomic E-state index is 0.708. The maximum Gasteiger partial charge on any atom is 0.150 e. The van der Waals surface area contributed by atoms with Crippen molar-refractivity contribution in [1.29, 1.82) is 0 Å². The molecule has 1 aromatic carbocycles. The van der Waals surface area contributed by atoms with Crippen LogP contribution in [0.2, 0.25) is 0 Å². The predicted octanol–water partition coefficient (Wildman–Crippen LogP) is 2.94. The number of piperazine rings is 1. The van der Waals surface area contributed by atoms with E-state index in [4.69, 9.17) is 0 Å². The molecule has 2 fully saturated rings. The lowest BCUT2D eigenvalue weighted by Crippen LogP contribution is -2.55. The van der Waals surface area contributed by atoms with Crippen LogP contribution in [-0.4, -0.2) is 43.4 Å². The number of piperidine rings is 1. The molecule has 2 aliphatic rings. The number of rotatable bonds is 2. The molecular weight excluding hydrogens is 304 g/mol. The molecule has 0 radical (unpaired) electrons. The van der Waals surface area contributed by atoms with Gasteiger partial charge in [0.2, 0.25) is 0 Å². The van der Waals surface area contributed by atoms with E-state index in [0.29, 0.717) is 6.04 Å². The van der Waals surface area contributed by atoms with E-state index in [-0.39, 0.29) is 0 Å². The largest absolute Gasteiger partial charge is 0.368 e. The third kappa shape index (κ3) is 2.70. The summed E-state index contributed by atoms with van der Waals surface area (Å²) in [4.78, 5) is 15.9. The normalized spacial score (nSPS) is 24.1.